The molecule has 1 aliphatic rings. The first kappa shape index (κ1) is 32.8. The van der Waals surface area contributed by atoms with Crippen LogP contribution in [0.25, 0.3) is 22.3 Å². The van der Waals surface area contributed by atoms with E-state index in [1.807, 2.05) is 13.0 Å². The molecule has 0 aliphatic carbocycles. The van der Waals surface area contributed by atoms with Gasteiger partial charge in [0.1, 0.15) is 6.61 Å². The highest BCUT2D eigenvalue weighted by atomic mass is 19.2. The van der Waals surface area contributed by atoms with Gasteiger partial charge in [-0.2, -0.15) is 4.39 Å². The van der Waals surface area contributed by atoms with Gasteiger partial charge < -0.3 is 9.47 Å². The molecule has 1 saturated heterocycles. The predicted molar refractivity (Wildman–Crippen MR) is 166 cm³/mol. The zero-order valence-electron chi connectivity index (χ0n) is 25.4. The fraction of sp³-hybridized carbons (Fsp3) is 0.459. The molecule has 1 fully saturated rings. The zero-order valence-corrected chi connectivity index (χ0v) is 25.4. The van der Waals surface area contributed by atoms with E-state index in [1.165, 1.54) is 57.1 Å². The Morgan fingerprint density at radius 3 is 1.95 bits per heavy atom. The smallest absolute Gasteiger partial charge is 0.201 e. The molecule has 0 N–H and O–H groups in total. The van der Waals surface area contributed by atoms with Crippen LogP contribution in [0.15, 0.2) is 60.7 Å². The van der Waals surface area contributed by atoms with Crippen molar-refractivity contribution in [3.05, 3.63) is 89.5 Å². The molecule has 1 heterocycles. The quantitative estimate of drug-likeness (QED) is 0.0987. The summed E-state index contributed by atoms with van der Waals surface area (Å²) in [6.45, 7) is 4.91. The molecule has 2 nitrogen and oxygen atoms in total. The van der Waals surface area contributed by atoms with Crippen LogP contribution in [0.2, 0.25) is 0 Å². The number of allylic oxidation sites excluding steroid dienone is 1. The molecule has 1 aliphatic heterocycles. The highest BCUT2D eigenvalue weighted by molar-refractivity contribution is 5.71. The summed E-state index contributed by atoms with van der Waals surface area (Å²) < 4.78 is 71.3. The van der Waals surface area contributed by atoms with Crippen molar-refractivity contribution in [2.75, 3.05) is 13.2 Å². The molecule has 43 heavy (non-hydrogen) atoms. The van der Waals surface area contributed by atoms with Crippen molar-refractivity contribution in [1.82, 2.24) is 0 Å². The summed E-state index contributed by atoms with van der Waals surface area (Å²) in [7, 11) is 0. The highest BCUT2D eigenvalue weighted by Crippen LogP contribution is 2.37. The Kier molecular flexibility index (Phi) is 12.7. The van der Waals surface area contributed by atoms with Crippen LogP contribution in [-0.2, 0) is 4.74 Å². The molecule has 2 atom stereocenters. The van der Waals surface area contributed by atoms with Crippen LogP contribution in [0, 0.1) is 29.2 Å². The largest absolute Gasteiger partial charge is 0.486 e. The van der Waals surface area contributed by atoms with E-state index < -0.39 is 29.4 Å². The number of rotatable bonds is 15. The molecular weight excluding hydrogens is 552 g/mol. The van der Waals surface area contributed by atoms with E-state index in [0.717, 1.165) is 19.3 Å². The maximum atomic E-state index is 15.3. The van der Waals surface area contributed by atoms with Gasteiger partial charge in [-0.05, 0) is 54.9 Å². The molecule has 4 rings (SSSR count). The molecule has 0 aromatic heterocycles. The van der Waals surface area contributed by atoms with E-state index in [4.69, 9.17) is 9.47 Å². The van der Waals surface area contributed by atoms with Crippen LogP contribution in [-0.4, -0.2) is 13.2 Å². The van der Waals surface area contributed by atoms with Gasteiger partial charge in [0.15, 0.2) is 23.2 Å². The van der Waals surface area contributed by atoms with Crippen molar-refractivity contribution in [3.63, 3.8) is 0 Å². The first-order valence-electron chi connectivity index (χ1n) is 15.9. The minimum Gasteiger partial charge on any atom is -0.486 e. The third-order valence-corrected chi connectivity index (χ3v) is 8.34. The first-order valence-corrected chi connectivity index (χ1v) is 15.9. The topological polar surface area (TPSA) is 18.5 Å². The Balaban J connectivity index is 1.35. The number of hydrogen-bond acceptors (Lipinski definition) is 2. The maximum Gasteiger partial charge on any atom is 0.201 e. The van der Waals surface area contributed by atoms with Gasteiger partial charge in [0.2, 0.25) is 5.82 Å². The first-order chi connectivity index (χ1) is 20.9. The van der Waals surface area contributed by atoms with Crippen LogP contribution >= 0.6 is 0 Å². The van der Waals surface area contributed by atoms with Crippen molar-refractivity contribution in [2.24, 2.45) is 5.92 Å². The second-order valence-electron chi connectivity index (χ2n) is 11.5. The summed E-state index contributed by atoms with van der Waals surface area (Å²) in [6.07, 6.45) is 15.7. The maximum absolute atomic E-state index is 15.3. The van der Waals surface area contributed by atoms with Gasteiger partial charge in [0.25, 0.3) is 0 Å². The Labute approximate surface area is 254 Å². The molecule has 0 spiro atoms. The Hall–Kier alpha value is -3.12. The summed E-state index contributed by atoms with van der Waals surface area (Å²) in [5, 5.41) is 0. The monoisotopic (exact) mass is 596 g/mol. The Morgan fingerprint density at radius 1 is 0.698 bits per heavy atom. The summed E-state index contributed by atoms with van der Waals surface area (Å²) in [5.74, 6) is -3.61. The number of hydrogen-bond donors (Lipinski definition) is 0. The predicted octanol–water partition coefficient (Wildman–Crippen LogP) is 11.5. The van der Waals surface area contributed by atoms with Crippen LogP contribution in [0.1, 0.15) is 96.1 Å². The number of halogens is 4. The summed E-state index contributed by atoms with van der Waals surface area (Å²) in [6, 6.07) is 12.3. The lowest BCUT2D eigenvalue weighted by molar-refractivity contribution is -0.0218. The van der Waals surface area contributed by atoms with Crippen LogP contribution in [0.3, 0.4) is 0 Å². The van der Waals surface area contributed by atoms with Crippen LogP contribution in [0.4, 0.5) is 17.6 Å². The number of unbranched alkanes of at least 4 members (excludes halogenated alkanes) is 6. The third kappa shape index (κ3) is 8.72. The second kappa shape index (κ2) is 16.7. The van der Waals surface area contributed by atoms with Crippen LogP contribution < -0.4 is 4.74 Å². The molecule has 0 bridgehead atoms. The van der Waals surface area contributed by atoms with E-state index >= 15 is 8.78 Å². The van der Waals surface area contributed by atoms with Gasteiger partial charge in [-0.15, -0.1) is 0 Å². The molecule has 6 heteroatoms. The molecule has 3 aromatic carbocycles. The molecule has 0 saturated carbocycles. The normalized spacial score (nSPS) is 17.1. The highest BCUT2D eigenvalue weighted by Gasteiger charge is 2.27. The molecule has 0 radical (unpaired) electrons. The lowest BCUT2D eigenvalue weighted by atomic mass is 9.90. The lowest BCUT2D eigenvalue weighted by Crippen LogP contribution is -2.21. The van der Waals surface area contributed by atoms with E-state index in [-0.39, 0.29) is 29.0 Å². The van der Waals surface area contributed by atoms with Crippen molar-refractivity contribution >= 4 is 0 Å². The van der Waals surface area contributed by atoms with Crippen LogP contribution in [0.5, 0.6) is 5.75 Å². The summed E-state index contributed by atoms with van der Waals surface area (Å²) in [4.78, 5) is 0. The minimum absolute atomic E-state index is 0.0576. The molecule has 232 valence electrons. The summed E-state index contributed by atoms with van der Waals surface area (Å²) in [5.41, 5.74) is 1.27. The Morgan fingerprint density at radius 2 is 1.33 bits per heavy atom. The second-order valence-corrected chi connectivity index (χ2v) is 11.5. The average Bonchev–Trinajstić information content (AvgIpc) is 3.03. The molecule has 0 amide bonds. The zero-order chi connectivity index (χ0) is 30.6. The van der Waals surface area contributed by atoms with Crippen molar-refractivity contribution in [3.8, 4) is 28.0 Å². The van der Waals surface area contributed by atoms with Crippen molar-refractivity contribution in [1.29, 1.82) is 0 Å². The fourth-order valence-electron chi connectivity index (χ4n) is 5.77. The van der Waals surface area contributed by atoms with Gasteiger partial charge in [-0.3, -0.25) is 0 Å². The van der Waals surface area contributed by atoms with Crippen molar-refractivity contribution in [2.45, 2.75) is 90.6 Å². The summed E-state index contributed by atoms with van der Waals surface area (Å²) >= 11 is 0. The van der Waals surface area contributed by atoms with E-state index in [2.05, 4.69) is 6.92 Å². The SMILES string of the molecule is CC/C=C/COc1ccc(-c2ccc(-c3ccc(C4CCC(CCCCCCCCC)CO4)c(F)c3F)cc2)c(F)c1F. The van der Waals surface area contributed by atoms with Gasteiger partial charge in [0, 0.05) is 16.7 Å². The molecule has 3 aromatic rings. The fourth-order valence-corrected chi connectivity index (χ4v) is 5.77. The molecule has 2 unspecified atom stereocenters. The average molecular weight is 597 g/mol. The van der Waals surface area contributed by atoms with Gasteiger partial charge in [-0.1, -0.05) is 107 Å². The van der Waals surface area contributed by atoms with Gasteiger partial charge in [-0.25, -0.2) is 13.2 Å². The number of ether oxygens (including phenoxy) is 2. The molecular formula is C37H44F4O2. The van der Waals surface area contributed by atoms with E-state index in [9.17, 15) is 8.78 Å². The van der Waals surface area contributed by atoms with Gasteiger partial charge in [0.05, 0.1) is 12.7 Å². The number of benzene rings is 3. The van der Waals surface area contributed by atoms with Crippen molar-refractivity contribution < 1.29 is 27.0 Å². The van der Waals surface area contributed by atoms with Gasteiger partial charge >= 0.3 is 0 Å². The lowest BCUT2D eigenvalue weighted by Gasteiger charge is -2.30. The van der Waals surface area contributed by atoms with E-state index in [1.54, 1.807) is 42.5 Å². The standard InChI is InChI=1S/C37H44F4O2/c1-3-5-7-8-9-10-11-13-26-14-22-32(43-25-26)31-20-19-29(34(38)36(31)40)27-15-17-28(18-16-27)30-21-23-33(37(41)35(30)39)42-24-12-6-4-2/h6,12,15-21,23,26,32H,3-5,7-11,13-14,22,24-25H2,1-2H3/b12-6+. The van der Waals surface area contributed by atoms with E-state index in [0.29, 0.717) is 30.1 Å². The Bertz CT molecular complexity index is 1330. The third-order valence-electron chi connectivity index (χ3n) is 8.34. The minimum atomic E-state index is -1.07.